The second kappa shape index (κ2) is 9.92. The van der Waals surface area contributed by atoms with Crippen LogP contribution in [0, 0.1) is 0 Å². The first kappa shape index (κ1) is 23.9. The van der Waals surface area contributed by atoms with Gasteiger partial charge < -0.3 is 4.74 Å². The normalized spacial score (nSPS) is 20.3. The Kier molecular flexibility index (Phi) is 7.17. The molecule has 0 saturated carbocycles. The van der Waals surface area contributed by atoms with Crippen molar-refractivity contribution < 1.29 is 17.9 Å². The van der Waals surface area contributed by atoms with Gasteiger partial charge in [0.15, 0.2) is 0 Å². The number of halogens is 1. The summed E-state index contributed by atoms with van der Waals surface area (Å²) in [4.78, 5) is 18.3. The van der Waals surface area contributed by atoms with Gasteiger partial charge in [0.25, 0.3) is 5.91 Å². The van der Waals surface area contributed by atoms with Gasteiger partial charge in [0.05, 0.1) is 42.7 Å². The van der Waals surface area contributed by atoms with Crippen LogP contribution in [-0.2, 0) is 21.5 Å². The average Bonchev–Trinajstić information content (AvgIpc) is 2.77. The average molecular weight is 495 g/mol. The van der Waals surface area contributed by atoms with Crippen LogP contribution in [0.25, 0.3) is 0 Å². The van der Waals surface area contributed by atoms with E-state index < -0.39 is 16.1 Å². The van der Waals surface area contributed by atoms with Crippen molar-refractivity contribution in [2.45, 2.75) is 25.6 Å². The second-order valence-corrected chi connectivity index (χ2v) is 10.4. The fourth-order valence-electron chi connectivity index (χ4n) is 4.06. The molecule has 0 bridgehead atoms. The maximum atomic E-state index is 13.8. The number of hydrazine groups is 1. The van der Waals surface area contributed by atoms with Crippen LogP contribution in [0.15, 0.2) is 42.6 Å². The highest BCUT2D eigenvalue weighted by Gasteiger charge is 2.39. The summed E-state index contributed by atoms with van der Waals surface area (Å²) in [7, 11) is -3.88. The first-order chi connectivity index (χ1) is 15.8. The number of hydrogen-bond acceptors (Lipinski definition) is 7. The summed E-state index contributed by atoms with van der Waals surface area (Å²) >= 11 is 6.17. The molecule has 0 radical (unpaired) electrons. The number of rotatable bonds is 7. The predicted octanol–water partition coefficient (Wildman–Crippen LogP) is 0.995. The lowest BCUT2D eigenvalue weighted by Gasteiger charge is -2.46. The Morgan fingerprint density at radius 3 is 2.67 bits per heavy atom. The van der Waals surface area contributed by atoms with Crippen LogP contribution < -0.4 is 15.6 Å². The van der Waals surface area contributed by atoms with Crippen molar-refractivity contribution in [1.29, 1.82) is 0 Å². The summed E-state index contributed by atoms with van der Waals surface area (Å²) in [6.45, 7) is 4.79. The zero-order chi connectivity index (χ0) is 23.6. The molecule has 0 aliphatic carbocycles. The summed E-state index contributed by atoms with van der Waals surface area (Å²) in [5, 5.41) is 0.429. The van der Waals surface area contributed by atoms with Crippen LogP contribution in [0.3, 0.4) is 0 Å². The molecule has 0 unspecified atom stereocenters. The van der Waals surface area contributed by atoms with E-state index in [9.17, 15) is 13.2 Å². The number of benzene rings is 1. The summed E-state index contributed by atoms with van der Waals surface area (Å²) in [5.41, 5.74) is 3.24. The highest BCUT2D eigenvalue weighted by molar-refractivity contribution is 7.90. The van der Waals surface area contributed by atoms with Crippen LogP contribution in [0.4, 0.5) is 5.69 Å². The number of nitrogen functional groups attached to an aromatic ring is 1. The van der Waals surface area contributed by atoms with Gasteiger partial charge in [0.1, 0.15) is 0 Å². The van der Waals surface area contributed by atoms with Crippen molar-refractivity contribution in [3.8, 4) is 0 Å². The fraction of sp³-hybridized carbons (Fsp3) is 0.429. The molecule has 2 saturated heterocycles. The Morgan fingerprint density at radius 1 is 1.30 bits per heavy atom. The molecule has 1 aromatic carbocycles. The SMILES string of the molecule is C[C@H]1CN(S(=O)(=O)N(Cc2ccc(C(=O)NN)cn2)c2cccc(Cl)c2)CCN1C1COC1. The maximum Gasteiger partial charge on any atom is 0.304 e. The Bertz CT molecular complexity index is 1100. The number of carbonyl (C=O) groups excluding carboxylic acids is 1. The molecule has 1 atom stereocenters. The van der Waals surface area contributed by atoms with E-state index >= 15 is 0 Å². The van der Waals surface area contributed by atoms with Crippen molar-refractivity contribution in [2.24, 2.45) is 5.84 Å². The van der Waals surface area contributed by atoms with Crippen LogP contribution in [0.5, 0.6) is 0 Å². The molecule has 2 fully saturated rings. The van der Waals surface area contributed by atoms with E-state index in [0.29, 0.717) is 55.3 Å². The zero-order valence-corrected chi connectivity index (χ0v) is 19.8. The van der Waals surface area contributed by atoms with Gasteiger partial charge in [-0.25, -0.2) is 5.84 Å². The van der Waals surface area contributed by atoms with E-state index in [4.69, 9.17) is 22.2 Å². The number of nitrogens with zero attached hydrogens (tertiary/aromatic N) is 4. The van der Waals surface area contributed by atoms with Gasteiger partial charge in [-0.05, 0) is 37.3 Å². The predicted molar refractivity (Wildman–Crippen MR) is 125 cm³/mol. The zero-order valence-electron chi connectivity index (χ0n) is 18.2. The topological polar surface area (TPSA) is 121 Å². The minimum Gasteiger partial charge on any atom is -0.378 e. The monoisotopic (exact) mass is 494 g/mol. The number of nitrogens with two attached hydrogens (primary N) is 1. The van der Waals surface area contributed by atoms with Crippen LogP contribution in [-0.4, -0.2) is 73.4 Å². The number of anilines is 1. The van der Waals surface area contributed by atoms with Gasteiger partial charge in [-0.3, -0.25) is 24.4 Å². The minimum absolute atomic E-state index is 0.0156. The molecule has 2 aliphatic heterocycles. The third kappa shape index (κ3) is 5.13. The third-order valence-electron chi connectivity index (χ3n) is 5.96. The van der Waals surface area contributed by atoms with E-state index in [-0.39, 0.29) is 18.2 Å². The van der Waals surface area contributed by atoms with Crippen LogP contribution in [0.2, 0.25) is 5.02 Å². The molecule has 1 amide bonds. The largest absolute Gasteiger partial charge is 0.378 e. The summed E-state index contributed by atoms with van der Waals surface area (Å²) in [6, 6.07) is 10.3. The van der Waals surface area contributed by atoms with E-state index in [1.165, 1.54) is 14.8 Å². The first-order valence-corrected chi connectivity index (χ1v) is 12.4. The van der Waals surface area contributed by atoms with Crippen molar-refractivity contribution in [3.05, 3.63) is 58.9 Å². The van der Waals surface area contributed by atoms with Gasteiger partial charge in [0.2, 0.25) is 0 Å². The summed E-state index contributed by atoms with van der Waals surface area (Å²) in [6.07, 6.45) is 1.36. The Hall–Kier alpha value is -2.28. The smallest absolute Gasteiger partial charge is 0.304 e. The number of aromatic nitrogens is 1. The fourth-order valence-corrected chi connectivity index (χ4v) is 5.92. The highest BCUT2D eigenvalue weighted by Crippen LogP contribution is 2.28. The molecule has 1 aromatic heterocycles. The number of ether oxygens (including phenoxy) is 1. The van der Waals surface area contributed by atoms with Gasteiger partial charge in [0, 0.05) is 36.9 Å². The molecule has 4 rings (SSSR count). The number of nitrogens with one attached hydrogen (secondary N) is 1. The number of carbonyl (C=O) groups is 1. The quantitative estimate of drug-likeness (QED) is 0.334. The number of pyridine rings is 1. The second-order valence-electron chi connectivity index (χ2n) is 8.14. The Labute approximate surface area is 198 Å². The van der Waals surface area contributed by atoms with E-state index in [0.717, 1.165) is 0 Å². The van der Waals surface area contributed by atoms with E-state index in [2.05, 4.69) is 9.88 Å². The lowest BCUT2D eigenvalue weighted by molar-refractivity contribution is -0.0873. The van der Waals surface area contributed by atoms with Gasteiger partial charge in [-0.1, -0.05) is 17.7 Å². The molecule has 10 nitrogen and oxygen atoms in total. The van der Waals surface area contributed by atoms with E-state index in [1.807, 2.05) is 12.3 Å². The number of hydrogen-bond donors (Lipinski definition) is 2. The third-order valence-corrected chi connectivity index (χ3v) is 8.07. The minimum atomic E-state index is -3.88. The lowest BCUT2D eigenvalue weighted by atomic mass is 10.1. The molecule has 2 aromatic rings. The maximum absolute atomic E-state index is 13.8. The lowest BCUT2D eigenvalue weighted by Crippen LogP contribution is -2.62. The van der Waals surface area contributed by atoms with Crippen LogP contribution in [0.1, 0.15) is 23.0 Å². The molecule has 2 aliphatic rings. The van der Waals surface area contributed by atoms with Gasteiger partial charge >= 0.3 is 10.2 Å². The first-order valence-electron chi connectivity index (χ1n) is 10.6. The molecule has 3 heterocycles. The molecule has 0 spiro atoms. The van der Waals surface area contributed by atoms with E-state index in [1.54, 1.807) is 36.4 Å². The Morgan fingerprint density at radius 2 is 2.09 bits per heavy atom. The highest BCUT2D eigenvalue weighted by atomic mass is 35.5. The molecule has 3 N–H and O–H groups in total. The van der Waals surface area contributed by atoms with Gasteiger partial charge in [-0.15, -0.1) is 0 Å². The van der Waals surface area contributed by atoms with Crippen molar-refractivity contribution >= 4 is 33.4 Å². The molecular weight excluding hydrogens is 468 g/mol. The standard InChI is InChI=1S/C21H27ClN6O4S/c1-15-11-26(7-8-27(15)20-13-32-14-20)33(30,31)28(19-4-2-3-17(22)9-19)12-18-6-5-16(10-24-18)21(29)25-23/h2-6,9-10,15,20H,7-8,11-14,23H2,1H3,(H,25,29)/t15-/m0/s1. The van der Waals surface area contributed by atoms with Gasteiger partial charge in [-0.2, -0.15) is 12.7 Å². The molecule has 33 heavy (non-hydrogen) atoms. The Balaban J connectivity index is 1.59. The molecule has 178 valence electrons. The summed E-state index contributed by atoms with van der Waals surface area (Å²) < 4.78 is 35.7. The van der Waals surface area contributed by atoms with Crippen molar-refractivity contribution in [2.75, 3.05) is 37.2 Å². The molecule has 12 heteroatoms. The van der Waals surface area contributed by atoms with Crippen LogP contribution >= 0.6 is 11.6 Å². The van der Waals surface area contributed by atoms with Crippen molar-refractivity contribution in [1.82, 2.24) is 19.6 Å². The summed E-state index contributed by atoms with van der Waals surface area (Å²) in [5.74, 6) is 4.69. The number of amides is 1. The number of piperazine rings is 1. The molecular formula is C21H27ClN6O4S. The van der Waals surface area contributed by atoms with Crippen molar-refractivity contribution in [3.63, 3.8) is 0 Å².